The van der Waals surface area contributed by atoms with Gasteiger partial charge in [-0.05, 0) is 36.2 Å². The lowest BCUT2D eigenvalue weighted by atomic mass is 10.1. The van der Waals surface area contributed by atoms with Crippen molar-refractivity contribution in [3.05, 3.63) is 95.8 Å². The summed E-state index contributed by atoms with van der Waals surface area (Å²) < 4.78 is 20.3. The summed E-state index contributed by atoms with van der Waals surface area (Å²) in [6.45, 7) is 1.93. The van der Waals surface area contributed by atoms with Crippen LogP contribution in [0.3, 0.4) is 0 Å². The number of nitrogens with two attached hydrogens (primary N) is 2. The van der Waals surface area contributed by atoms with Crippen molar-refractivity contribution in [3.63, 3.8) is 0 Å². The Morgan fingerprint density at radius 2 is 1.89 bits per heavy atom. The van der Waals surface area contributed by atoms with Crippen LogP contribution in [0.1, 0.15) is 18.9 Å². The third-order valence-electron chi connectivity index (χ3n) is 5.76. The van der Waals surface area contributed by atoms with Gasteiger partial charge in [-0.3, -0.25) is 19.9 Å². The lowest BCUT2D eigenvalue weighted by Crippen LogP contribution is -2.52. The highest BCUT2D eigenvalue weighted by Crippen LogP contribution is 2.26. The second-order valence-electron chi connectivity index (χ2n) is 8.45. The predicted molar refractivity (Wildman–Crippen MR) is 141 cm³/mol. The number of pyridine rings is 1. The predicted octanol–water partition coefficient (Wildman–Crippen LogP) is 2.35. The van der Waals surface area contributed by atoms with E-state index < -0.39 is 29.8 Å². The number of primary amides is 2. The third kappa shape index (κ3) is 6.25. The number of nitrogens with one attached hydrogen (secondary N) is 3. The standard InChI is InChI=1S/C27H28FN7O3/c1-2-20(23(29)36)33-27-34-25(21(24(30)37)26(35-27)38-15-16-8-4-3-5-9-16)32-18-11-6-10-17(14-18)22-19(28)12-7-13-31-22/h3-14,20,25,32H,2,15H2,1H3,(H2,29,36)(H2,30,37)(H2,33,34,35)/t20?,25-/m1/s1. The summed E-state index contributed by atoms with van der Waals surface area (Å²) in [5.41, 5.74) is 13.4. The summed E-state index contributed by atoms with van der Waals surface area (Å²) in [5.74, 6) is -1.57. The Balaban J connectivity index is 1.68. The van der Waals surface area contributed by atoms with Crippen LogP contribution in [0.15, 0.2) is 89.4 Å². The van der Waals surface area contributed by atoms with E-state index in [0.29, 0.717) is 17.7 Å². The minimum Gasteiger partial charge on any atom is -0.474 e. The molecule has 0 fully saturated rings. The SMILES string of the molecule is CCC(NC1=N[C@@H](Nc2cccc(-c3ncccc3F)c2)C(C(N)=O)=C(OCc2ccccc2)N1)C(N)=O. The number of halogens is 1. The van der Waals surface area contributed by atoms with Gasteiger partial charge in [0.15, 0.2) is 6.17 Å². The van der Waals surface area contributed by atoms with E-state index >= 15 is 0 Å². The molecule has 1 unspecified atom stereocenters. The zero-order chi connectivity index (χ0) is 27.1. The zero-order valence-electron chi connectivity index (χ0n) is 20.6. The van der Waals surface area contributed by atoms with E-state index in [4.69, 9.17) is 16.2 Å². The van der Waals surface area contributed by atoms with E-state index in [1.54, 1.807) is 31.2 Å². The third-order valence-corrected chi connectivity index (χ3v) is 5.76. The summed E-state index contributed by atoms with van der Waals surface area (Å²) >= 11 is 0. The molecule has 0 saturated carbocycles. The molecule has 2 amide bonds. The number of hydrogen-bond donors (Lipinski definition) is 5. The molecule has 0 spiro atoms. The van der Waals surface area contributed by atoms with Crippen molar-refractivity contribution in [2.75, 3.05) is 5.32 Å². The van der Waals surface area contributed by atoms with E-state index in [1.165, 1.54) is 18.3 Å². The van der Waals surface area contributed by atoms with Crippen molar-refractivity contribution in [2.24, 2.45) is 16.5 Å². The molecule has 2 atom stereocenters. The molecule has 1 aromatic heterocycles. The maximum absolute atomic E-state index is 14.3. The van der Waals surface area contributed by atoms with Crippen LogP contribution in [0.2, 0.25) is 0 Å². The summed E-state index contributed by atoms with van der Waals surface area (Å²) in [6.07, 6.45) is 0.898. The molecule has 7 N–H and O–H groups in total. The van der Waals surface area contributed by atoms with Crippen LogP contribution in [0, 0.1) is 5.82 Å². The van der Waals surface area contributed by atoms with E-state index in [-0.39, 0.29) is 29.7 Å². The molecule has 3 aromatic rings. The van der Waals surface area contributed by atoms with Crippen LogP contribution < -0.4 is 27.4 Å². The van der Waals surface area contributed by atoms with Gasteiger partial charge in [0.25, 0.3) is 5.91 Å². The first-order valence-corrected chi connectivity index (χ1v) is 11.9. The fourth-order valence-corrected chi connectivity index (χ4v) is 3.84. The number of guanidine groups is 1. The average molecular weight is 518 g/mol. The molecular weight excluding hydrogens is 489 g/mol. The van der Waals surface area contributed by atoms with Crippen molar-refractivity contribution in [1.29, 1.82) is 0 Å². The van der Waals surface area contributed by atoms with Crippen molar-refractivity contribution in [2.45, 2.75) is 32.2 Å². The summed E-state index contributed by atoms with van der Waals surface area (Å²) in [4.78, 5) is 33.1. The Labute approximate surface area is 219 Å². The number of ether oxygens (including phenoxy) is 1. The molecule has 2 heterocycles. The first-order chi connectivity index (χ1) is 18.4. The maximum atomic E-state index is 14.3. The number of carbonyl (C=O) groups excluding carboxylic acids is 2. The maximum Gasteiger partial charge on any atom is 0.254 e. The van der Waals surface area contributed by atoms with E-state index in [2.05, 4.69) is 25.9 Å². The van der Waals surface area contributed by atoms with Crippen LogP contribution in [0.25, 0.3) is 11.3 Å². The highest BCUT2D eigenvalue weighted by molar-refractivity contribution is 5.98. The molecule has 38 heavy (non-hydrogen) atoms. The number of hydrogen-bond acceptors (Lipinski definition) is 8. The fraction of sp³-hybridized carbons (Fsp3) is 0.185. The van der Waals surface area contributed by atoms with Crippen LogP contribution in [0.5, 0.6) is 0 Å². The molecule has 1 aliphatic heterocycles. The highest BCUT2D eigenvalue weighted by Gasteiger charge is 2.31. The van der Waals surface area contributed by atoms with Crippen molar-refractivity contribution in [1.82, 2.24) is 15.6 Å². The number of amides is 2. The van der Waals surface area contributed by atoms with Crippen molar-refractivity contribution in [3.8, 4) is 11.3 Å². The van der Waals surface area contributed by atoms with Gasteiger partial charge in [-0.25, -0.2) is 9.38 Å². The lowest BCUT2D eigenvalue weighted by molar-refractivity contribution is -0.119. The second-order valence-corrected chi connectivity index (χ2v) is 8.45. The van der Waals surface area contributed by atoms with Gasteiger partial charge < -0.3 is 26.8 Å². The van der Waals surface area contributed by atoms with Crippen LogP contribution in [0.4, 0.5) is 10.1 Å². The van der Waals surface area contributed by atoms with Gasteiger partial charge in [0.05, 0.1) is 0 Å². The van der Waals surface area contributed by atoms with Crippen molar-refractivity contribution >= 4 is 23.5 Å². The number of rotatable bonds is 10. The fourth-order valence-electron chi connectivity index (χ4n) is 3.84. The van der Waals surface area contributed by atoms with Gasteiger partial charge >= 0.3 is 0 Å². The lowest BCUT2D eigenvalue weighted by Gasteiger charge is -2.29. The van der Waals surface area contributed by atoms with E-state index in [0.717, 1.165) is 5.56 Å². The Morgan fingerprint density at radius 3 is 2.58 bits per heavy atom. The first kappa shape index (κ1) is 26.1. The van der Waals surface area contributed by atoms with Crippen molar-refractivity contribution < 1.29 is 18.7 Å². The molecule has 0 aliphatic carbocycles. The monoisotopic (exact) mass is 517 g/mol. The Hall–Kier alpha value is -4.93. The molecule has 196 valence electrons. The van der Waals surface area contributed by atoms with Crippen LogP contribution in [-0.4, -0.2) is 35.0 Å². The summed E-state index contributed by atoms with van der Waals surface area (Å²) in [7, 11) is 0. The summed E-state index contributed by atoms with van der Waals surface area (Å²) in [5, 5.41) is 9.02. The number of benzene rings is 2. The topological polar surface area (TPSA) is 157 Å². The van der Waals surface area contributed by atoms with Crippen LogP contribution in [-0.2, 0) is 20.9 Å². The second kappa shape index (κ2) is 11.9. The minimum atomic E-state index is -1.00. The Bertz CT molecular complexity index is 1380. The quantitative estimate of drug-likeness (QED) is 0.276. The Morgan fingerprint density at radius 1 is 1.11 bits per heavy atom. The minimum absolute atomic E-state index is 0.0352. The van der Waals surface area contributed by atoms with Gasteiger partial charge in [-0.15, -0.1) is 0 Å². The van der Waals surface area contributed by atoms with Gasteiger partial charge in [-0.2, -0.15) is 0 Å². The number of carbonyl (C=O) groups is 2. The molecule has 1 aliphatic rings. The smallest absolute Gasteiger partial charge is 0.254 e. The zero-order valence-corrected chi connectivity index (χ0v) is 20.6. The van der Waals surface area contributed by atoms with Gasteiger partial charge in [0.1, 0.15) is 29.7 Å². The largest absolute Gasteiger partial charge is 0.474 e. The van der Waals surface area contributed by atoms with Gasteiger partial charge in [-0.1, -0.05) is 49.4 Å². The normalized spacial score (nSPS) is 15.6. The van der Waals surface area contributed by atoms with Crippen LogP contribution >= 0.6 is 0 Å². The molecule has 11 heteroatoms. The number of nitrogens with zero attached hydrogens (tertiary/aromatic N) is 2. The van der Waals surface area contributed by atoms with Gasteiger partial charge in [0.2, 0.25) is 17.7 Å². The van der Waals surface area contributed by atoms with E-state index in [1.807, 2.05) is 30.3 Å². The molecule has 0 saturated heterocycles. The average Bonchev–Trinajstić information content (AvgIpc) is 2.91. The van der Waals surface area contributed by atoms with Gasteiger partial charge in [0, 0.05) is 17.4 Å². The van der Waals surface area contributed by atoms with E-state index in [9.17, 15) is 14.0 Å². The molecular formula is C27H28FN7O3. The number of aromatic nitrogens is 1. The molecule has 10 nitrogen and oxygen atoms in total. The Kier molecular flexibility index (Phi) is 8.17. The number of aliphatic imine (C=N–C) groups is 1. The molecule has 2 aromatic carbocycles. The molecule has 0 bridgehead atoms. The molecule has 0 radical (unpaired) electrons. The highest BCUT2D eigenvalue weighted by atomic mass is 19.1. The summed E-state index contributed by atoms with van der Waals surface area (Å²) in [6, 6.07) is 18.3. The molecule has 4 rings (SSSR count). The first-order valence-electron chi connectivity index (χ1n) is 11.9. The number of anilines is 1.